The number of halogens is 1. The largest absolute Gasteiger partial charge is 0.342 e. The zero-order valence-electron chi connectivity index (χ0n) is 7.58. The zero-order valence-corrected chi connectivity index (χ0v) is 7.58. The highest BCUT2D eigenvalue weighted by Gasteiger charge is 2.08. The Balaban J connectivity index is 2.58. The van der Waals surface area contributed by atoms with Crippen LogP contribution in [0.4, 0.5) is 4.39 Å². The number of fused-ring (bicyclic) bond motifs is 1. The summed E-state index contributed by atoms with van der Waals surface area (Å²) in [7, 11) is 0. The maximum atomic E-state index is 12.8. The Labute approximate surface area is 80.2 Å². The highest BCUT2D eigenvalue weighted by atomic mass is 19.1. The van der Waals surface area contributed by atoms with Crippen LogP contribution in [0.1, 0.15) is 18.5 Å². The first kappa shape index (κ1) is 8.70. The first-order chi connectivity index (χ1) is 6.70. The van der Waals surface area contributed by atoms with Crippen molar-refractivity contribution in [3.63, 3.8) is 0 Å². The van der Waals surface area contributed by atoms with Gasteiger partial charge in [-0.25, -0.2) is 9.37 Å². The normalized spacial score (nSPS) is 12.6. The molecule has 4 heteroatoms. The molecule has 14 heavy (non-hydrogen) atoms. The molecule has 2 heterocycles. The van der Waals surface area contributed by atoms with E-state index in [2.05, 4.69) is 16.0 Å². The fourth-order valence-electron chi connectivity index (χ4n) is 1.31. The average molecular weight is 189 g/mol. The van der Waals surface area contributed by atoms with Gasteiger partial charge in [0.05, 0.1) is 18.2 Å². The molecule has 70 valence electrons. The molecule has 3 nitrogen and oxygen atoms in total. The van der Waals surface area contributed by atoms with Crippen LogP contribution < -0.4 is 0 Å². The quantitative estimate of drug-likeness (QED) is 0.748. The topological polar surface area (TPSA) is 52.5 Å². The standard InChI is InChI=1S/C10H8FN3/c1-6(4-12)9-3-7-2-8(11)5-13-10(7)14-9/h2-3,5-6H,1H3,(H,13,14). The number of nitrogens with zero attached hydrogens (tertiary/aromatic N) is 2. The number of hydrogen-bond donors (Lipinski definition) is 1. The van der Waals surface area contributed by atoms with E-state index in [4.69, 9.17) is 5.26 Å². The fraction of sp³-hybridized carbons (Fsp3) is 0.200. The maximum Gasteiger partial charge on any atom is 0.142 e. The van der Waals surface area contributed by atoms with Crippen LogP contribution >= 0.6 is 0 Å². The van der Waals surface area contributed by atoms with Gasteiger partial charge in [0.25, 0.3) is 0 Å². The van der Waals surface area contributed by atoms with E-state index >= 15 is 0 Å². The molecule has 0 aliphatic carbocycles. The Hall–Kier alpha value is -1.89. The number of nitrogens with one attached hydrogen (secondary N) is 1. The van der Waals surface area contributed by atoms with Crippen molar-refractivity contribution in [1.29, 1.82) is 5.26 Å². The molecular formula is C10H8FN3. The molecular weight excluding hydrogens is 181 g/mol. The molecule has 0 fully saturated rings. The van der Waals surface area contributed by atoms with Gasteiger partial charge in [-0.05, 0) is 19.1 Å². The predicted octanol–water partition coefficient (Wildman–Crippen LogP) is 2.33. The minimum atomic E-state index is -0.368. The molecule has 0 amide bonds. The van der Waals surface area contributed by atoms with E-state index < -0.39 is 0 Å². The number of H-pyrrole nitrogens is 1. The first-order valence-electron chi connectivity index (χ1n) is 4.24. The zero-order chi connectivity index (χ0) is 10.1. The van der Waals surface area contributed by atoms with Crippen molar-refractivity contribution in [2.45, 2.75) is 12.8 Å². The second kappa shape index (κ2) is 3.11. The summed E-state index contributed by atoms with van der Waals surface area (Å²) in [6.07, 6.45) is 1.15. The second-order valence-corrected chi connectivity index (χ2v) is 3.17. The van der Waals surface area contributed by atoms with Crippen molar-refractivity contribution in [2.24, 2.45) is 0 Å². The van der Waals surface area contributed by atoms with Crippen molar-refractivity contribution in [3.8, 4) is 6.07 Å². The van der Waals surface area contributed by atoms with E-state index in [1.54, 1.807) is 13.0 Å². The van der Waals surface area contributed by atoms with Crippen LogP contribution in [-0.2, 0) is 0 Å². The highest BCUT2D eigenvalue weighted by Crippen LogP contribution is 2.19. The third-order valence-electron chi connectivity index (χ3n) is 2.12. The van der Waals surface area contributed by atoms with Gasteiger partial charge in [0.1, 0.15) is 11.5 Å². The fourth-order valence-corrected chi connectivity index (χ4v) is 1.31. The van der Waals surface area contributed by atoms with Crippen molar-refractivity contribution in [3.05, 3.63) is 29.8 Å². The Morgan fingerprint density at radius 3 is 3.07 bits per heavy atom. The van der Waals surface area contributed by atoms with Gasteiger partial charge < -0.3 is 4.98 Å². The van der Waals surface area contributed by atoms with E-state index in [0.717, 1.165) is 11.9 Å². The van der Waals surface area contributed by atoms with Crippen LogP contribution in [0, 0.1) is 17.1 Å². The minimum absolute atomic E-state index is 0.229. The van der Waals surface area contributed by atoms with E-state index in [1.807, 2.05) is 0 Å². The molecule has 1 atom stereocenters. The molecule has 0 saturated carbocycles. The van der Waals surface area contributed by atoms with Gasteiger partial charge in [0.15, 0.2) is 0 Å². The summed E-state index contributed by atoms with van der Waals surface area (Å²) >= 11 is 0. The molecule has 0 spiro atoms. The molecule has 0 aromatic carbocycles. The van der Waals surface area contributed by atoms with Crippen LogP contribution in [0.5, 0.6) is 0 Å². The van der Waals surface area contributed by atoms with Crippen LogP contribution in [0.3, 0.4) is 0 Å². The SMILES string of the molecule is CC(C#N)c1cc2cc(F)cnc2[nH]1. The van der Waals surface area contributed by atoms with E-state index in [1.165, 1.54) is 6.07 Å². The lowest BCUT2D eigenvalue weighted by Crippen LogP contribution is -1.88. The number of hydrogen-bond acceptors (Lipinski definition) is 2. The van der Waals surface area contributed by atoms with Gasteiger partial charge in [0, 0.05) is 11.1 Å². The van der Waals surface area contributed by atoms with Gasteiger partial charge in [0.2, 0.25) is 0 Å². The molecule has 0 radical (unpaired) electrons. The molecule has 0 bridgehead atoms. The number of aromatic nitrogens is 2. The Bertz CT molecular complexity index is 510. The van der Waals surface area contributed by atoms with E-state index in [0.29, 0.717) is 11.0 Å². The van der Waals surface area contributed by atoms with Gasteiger partial charge in [-0.3, -0.25) is 0 Å². The molecule has 1 N–H and O–H groups in total. The lowest BCUT2D eigenvalue weighted by molar-refractivity contribution is 0.624. The van der Waals surface area contributed by atoms with E-state index in [-0.39, 0.29) is 11.7 Å². The summed E-state index contributed by atoms with van der Waals surface area (Å²) in [6.45, 7) is 1.78. The van der Waals surface area contributed by atoms with Crippen molar-refractivity contribution < 1.29 is 4.39 Å². The van der Waals surface area contributed by atoms with Crippen LogP contribution in [0.2, 0.25) is 0 Å². The first-order valence-corrected chi connectivity index (χ1v) is 4.24. The predicted molar refractivity (Wildman–Crippen MR) is 50.1 cm³/mol. The number of pyridine rings is 1. The number of aromatic amines is 1. The summed E-state index contributed by atoms with van der Waals surface area (Å²) in [4.78, 5) is 6.85. The Morgan fingerprint density at radius 2 is 2.36 bits per heavy atom. The van der Waals surface area contributed by atoms with Gasteiger partial charge in [-0.15, -0.1) is 0 Å². The summed E-state index contributed by atoms with van der Waals surface area (Å²) in [6, 6.07) is 5.25. The molecule has 2 aromatic rings. The third-order valence-corrected chi connectivity index (χ3v) is 2.12. The summed E-state index contributed by atoms with van der Waals surface area (Å²) < 4.78 is 12.8. The van der Waals surface area contributed by atoms with Crippen molar-refractivity contribution in [2.75, 3.05) is 0 Å². The van der Waals surface area contributed by atoms with Crippen molar-refractivity contribution >= 4 is 11.0 Å². The Morgan fingerprint density at radius 1 is 1.57 bits per heavy atom. The third kappa shape index (κ3) is 1.33. The summed E-state index contributed by atoms with van der Waals surface area (Å²) in [5, 5.41) is 9.40. The second-order valence-electron chi connectivity index (χ2n) is 3.17. The lowest BCUT2D eigenvalue weighted by atomic mass is 10.1. The minimum Gasteiger partial charge on any atom is -0.342 e. The summed E-state index contributed by atoms with van der Waals surface area (Å²) in [5.74, 6) is -0.597. The van der Waals surface area contributed by atoms with Gasteiger partial charge in [-0.1, -0.05) is 0 Å². The number of rotatable bonds is 1. The molecule has 0 aliphatic rings. The molecule has 0 aliphatic heterocycles. The smallest absolute Gasteiger partial charge is 0.142 e. The van der Waals surface area contributed by atoms with Crippen LogP contribution in [-0.4, -0.2) is 9.97 Å². The van der Waals surface area contributed by atoms with Gasteiger partial charge in [-0.2, -0.15) is 5.26 Å². The lowest BCUT2D eigenvalue weighted by Gasteiger charge is -1.94. The monoisotopic (exact) mass is 189 g/mol. The van der Waals surface area contributed by atoms with Crippen LogP contribution in [0.25, 0.3) is 11.0 Å². The molecule has 2 aromatic heterocycles. The summed E-state index contributed by atoms with van der Waals surface area (Å²) in [5.41, 5.74) is 1.38. The number of nitriles is 1. The molecule has 1 unspecified atom stereocenters. The Kier molecular flexibility index (Phi) is 1.93. The highest BCUT2D eigenvalue weighted by molar-refractivity contribution is 5.76. The maximum absolute atomic E-state index is 12.8. The van der Waals surface area contributed by atoms with Crippen molar-refractivity contribution in [1.82, 2.24) is 9.97 Å². The average Bonchev–Trinajstić information content (AvgIpc) is 2.59. The van der Waals surface area contributed by atoms with E-state index in [9.17, 15) is 4.39 Å². The molecule has 2 rings (SSSR count). The van der Waals surface area contributed by atoms with Gasteiger partial charge >= 0.3 is 0 Å². The molecule has 0 saturated heterocycles. The van der Waals surface area contributed by atoms with Crippen LogP contribution in [0.15, 0.2) is 18.3 Å².